The molecule has 1 unspecified atom stereocenters. The van der Waals surface area contributed by atoms with Crippen LogP contribution in [0.25, 0.3) is 0 Å². The maximum absolute atomic E-state index is 11.1. The minimum Gasteiger partial charge on any atom is -0.611 e. The fraction of sp³-hybridized carbons (Fsp3) is 0.286. The third-order valence-corrected chi connectivity index (χ3v) is 2.45. The van der Waals surface area contributed by atoms with Crippen molar-refractivity contribution in [3.8, 4) is 0 Å². The molecule has 0 radical (unpaired) electrons. The van der Waals surface area contributed by atoms with E-state index in [2.05, 4.69) is 4.98 Å². The lowest BCUT2D eigenvalue weighted by Gasteiger charge is -2.05. The van der Waals surface area contributed by atoms with Gasteiger partial charge in [0.2, 0.25) is 0 Å². The molecule has 0 fully saturated rings. The van der Waals surface area contributed by atoms with Gasteiger partial charge in [-0.3, -0.25) is 4.98 Å². The van der Waals surface area contributed by atoms with Crippen LogP contribution in [-0.4, -0.2) is 15.3 Å². The molecule has 0 saturated carbocycles. The highest BCUT2D eigenvalue weighted by molar-refractivity contribution is 7.91. The van der Waals surface area contributed by atoms with Gasteiger partial charge in [0.05, 0.1) is 6.20 Å². The van der Waals surface area contributed by atoms with Crippen LogP contribution in [0, 0.1) is 0 Å². The molecule has 0 N–H and O–H groups in total. The van der Waals surface area contributed by atoms with E-state index >= 15 is 0 Å². The van der Waals surface area contributed by atoms with Gasteiger partial charge in [-0.25, -0.2) is 0 Å². The zero-order valence-electron chi connectivity index (χ0n) is 5.78. The summed E-state index contributed by atoms with van der Waals surface area (Å²) in [5.41, 5.74) is 0. The van der Waals surface area contributed by atoms with Gasteiger partial charge >= 0.3 is 0 Å². The lowest BCUT2D eigenvalue weighted by Crippen LogP contribution is -2.03. The Morgan fingerprint density at radius 2 is 2.50 bits per heavy atom. The van der Waals surface area contributed by atoms with Crippen molar-refractivity contribution >= 4 is 11.2 Å². The summed E-state index contributed by atoms with van der Waals surface area (Å²) in [5, 5.41) is 0. The molecule has 0 aliphatic carbocycles. The Bertz CT molecular complexity index is 190. The predicted octanol–water partition coefficient (Wildman–Crippen LogP) is 1.21. The number of aromatic nitrogens is 1. The maximum Gasteiger partial charge on any atom is 0.170 e. The zero-order chi connectivity index (χ0) is 7.40. The number of hydrogen-bond donors (Lipinski definition) is 0. The maximum atomic E-state index is 11.1. The Balaban J connectivity index is 2.75. The number of rotatable bonds is 2. The Labute approximate surface area is 63.5 Å². The molecule has 1 rings (SSSR count). The highest BCUT2D eigenvalue weighted by Gasteiger charge is 2.04. The first-order chi connectivity index (χ1) is 4.84. The van der Waals surface area contributed by atoms with E-state index in [0.29, 0.717) is 5.75 Å². The van der Waals surface area contributed by atoms with Crippen LogP contribution in [0.2, 0.25) is 0 Å². The molecule has 0 bridgehead atoms. The van der Waals surface area contributed by atoms with E-state index in [1.165, 1.54) is 0 Å². The Morgan fingerprint density at radius 1 is 1.70 bits per heavy atom. The number of nitrogens with zero attached hydrogens (tertiary/aromatic N) is 1. The predicted molar refractivity (Wildman–Crippen MR) is 41.2 cm³/mol. The second-order valence-electron chi connectivity index (χ2n) is 1.82. The molecule has 0 amide bonds. The highest BCUT2D eigenvalue weighted by Crippen LogP contribution is 2.06. The Hall–Kier alpha value is -0.540. The van der Waals surface area contributed by atoms with Crippen molar-refractivity contribution in [1.29, 1.82) is 0 Å². The van der Waals surface area contributed by atoms with Gasteiger partial charge in [-0.05, 0) is 30.2 Å². The SMILES string of the molecule is CC[S+]([O-])c1cccnc1. The molecule has 1 aromatic heterocycles. The quantitative estimate of drug-likeness (QED) is 0.602. The summed E-state index contributed by atoms with van der Waals surface area (Å²) in [7, 11) is 0. The average molecular weight is 155 g/mol. The highest BCUT2D eigenvalue weighted by atomic mass is 32.2. The molecular weight excluding hydrogens is 146 g/mol. The summed E-state index contributed by atoms with van der Waals surface area (Å²) in [4.78, 5) is 4.67. The van der Waals surface area contributed by atoms with E-state index in [-0.39, 0.29) is 0 Å². The summed E-state index contributed by atoms with van der Waals surface area (Å²) in [6.07, 6.45) is 3.32. The normalized spacial score (nSPS) is 13.0. The molecule has 0 aliphatic heterocycles. The van der Waals surface area contributed by atoms with Crippen LogP contribution >= 0.6 is 0 Å². The lowest BCUT2D eigenvalue weighted by atomic mass is 10.5. The van der Waals surface area contributed by atoms with Gasteiger partial charge in [0.25, 0.3) is 0 Å². The Kier molecular flexibility index (Phi) is 2.71. The van der Waals surface area contributed by atoms with Crippen molar-refractivity contribution in [3.05, 3.63) is 24.5 Å². The van der Waals surface area contributed by atoms with Gasteiger partial charge in [0.1, 0.15) is 5.75 Å². The Morgan fingerprint density at radius 3 is 3.00 bits per heavy atom. The smallest absolute Gasteiger partial charge is 0.170 e. The molecule has 0 aromatic carbocycles. The van der Waals surface area contributed by atoms with E-state index < -0.39 is 11.2 Å². The number of hydrogen-bond acceptors (Lipinski definition) is 2. The molecule has 54 valence electrons. The first-order valence-corrected chi connectivity index (χ1v) is 4.45. The van der Waals surface area contributed by atoms with Gasteiger partial charge in [0.15, 0.2) is 4.90 Å². The number of pyridine rings is 1. The summed E-state index contributed by atoms with van der Waals surface area (Å²) in [6, 6.07) is 3.62. The van der Waals surface area contributed by atoms with Crippen LogP contribution in [0.4, 0.5) is 0 Å². The van der Waals surface area contributed by atoms with E-state index in [1.54, 1.807) is 18.5 Å². The largest absolute Gasteiger partial charge is 0.611 e. The molecule has 0 aliphatic rings. The zero-order valence-corrected chi connectivity index (χ0v) is 6.60. The second kappa shape index (κ2) is 3.58. The first-order valence-electron chi connectivity index (χ1n) is 3.13. The van der Waals surface area contributed by atoms with Gasteiger partial charge in [-0.2, -0.15) is 0 Å². The van der Waals surface area contributed by atoms with Crippen LogP contribution in [0.1, 0.15) is 6.92 Å². The van der Waals surface area contributed by atoms with Crippen LogP contribution in [0.15, 0.2) is 29.4 Å². The molecule has 1 atom stereocenters. The van der Waals surface area contributed by atoms with E-state index in [0.717, 1.165) is 4.90 Å². The molecule has 2 nitrogen and oxygen atoms in total. The van der Waals surface area contributed by atoms with E-state index in [4.69, 9.17) is 0 Å². The molecule has 0 saturated heterocycles. The van der Waals surface area contributed by atoms with Gasteiger partial charge < -0.3 is 4.55 Å². The van der Waals surface area contributed by atoms with Crippen molar-refractivity contribution in [2.75, 3.05) is 5.75 Å². The topological polar surface area (TPSA) is 36.0 Å². The van der Waals surface area contributed by atoms with Crippen molar-refractivity contribution < 1.29 is 4.55 Å². The van der Waals surface area contributed by atoms with Crippen molar-refractivity contribution in [2.24, 2.45) is 0 Å². The first kappa shape index (κ1) is 7.57. The minimum atomic E-state index is -0.853. The van der Waals surface area contributed by atoms with Crippen LogP contribution in [0.5, 0.6) is 0 Å². The van der Waals surface area contributed by atoms with Crippen LogP contribution < -0.4 is 0 Å². The molecule has 3 heteroatoms. The van der Waals surface area contributed by atoms with E-state index in [1.807, 2.05) is 13.0 Å². The molecule has 1 heterocycles. The molecular formula is C7H9NOS. The summed E-state index contributed by atoms with van der Waals surface area (Å²) in [5.74, 6) is 0.658. The molecule has 0 spiro atoms. The standard InChI is InChI=1S/C7H9NOS/c1-2-10(9)7-4-3-5-8-6-7/h3-6H,2H2,1H3. The van der Waals surface area contributed by atoms with Crippen molar-refractivity contribution in [1.82, 2.24) is 4.98 Å². The third kappa shape index (κ3) is 1.72. The average Bonchev–Trinajstić information content (AvgIpc) is 2.05. The fourth-order valence-corrected chi connectivity index (χ4v) is 1.39. The summed E-state index contributed by atoms with van der Waals surface area (Å²) >= 11 is -0.853. The van der Waals surface area contributed by atoms with Gasteiger partial charge in [-0.15, -0.1) is 0 Å². The second-order valence-corrected chi connectivity index (χ2v) is 3.56. The summed E-state index contributed by atoms with van der Waals surface area (Å²) < 4.78 is 11.1. The third-order valence-electron chi connectivity index (χ3n) is 1.16. The molecule has 1 aromatic rings. The molecule has 10 heavy (non-hydrogen) atoms. The van der Waals surface area contributed by atoms with Crippen molar-refractivity contribution in [2.45, 2.75) is 11.8 Å². The van der Waals surface area contributed by atoms with Gasteiger partial charge in [0, 0.05) is 6.20 Å². The van der Waals surface area contributed by atoms with E-state index in [9.17, 15) is 4.55 Å². The minimum absolute atomic E-state index is 0.658. The van der Waals surface area contributed by atoms with Crippen LogP contribution in [0.3, 0.4) is 0 Å². The van der Waals surface area contributed by atoms with Crippen molar-refractivity contribution in [3.63, 3.8) is 0 Å². The fourth-order valence-electron chi connectivity index (χ4n) is 0.648. The van der Waals surface area contributed by atoms with Crippen LogP contribution in [-0.2, 0) is 11.2 Å². The lowest BCUT2D eigenvalue weighted by molar-refractivity contribution is 0.596. The monoisotopic (exact) mass is 155 g/mol. The van der Waals surface area contributed by atoms with Gasteiger partial charge in [-0.1, -0.05) is 0 Å². The summed E-state index contributed by atoms with van der Waals surface area (Å²) in [6.45, 7) is 1.89.